The molecule has 7 heteroatoms. The van der Waals surface area contributed by atoms with Crippen LogP contribution >= 0.6 is 0 Å². The number of nitrogens with zero attached hydrogens (tertiary/aromatic N) is 3. The van der Waals surface area contributed by atoms with Gasteiger partial charge in [0.2, 0.25) is 0 Å². The van der Waals surface area contributed by atoms with Gasteiger partial charge in [-0.05, 0) is 45.6 Å². The van der Waals surface area contributed by atoms with Gasteiger partial charge in [-0.3, -0.25) is 9.11 Å². The van der Waals surface area contributed by atoms with Crippen LogP contribution in [0.2, 0.25) is 0 Å². The van der Waals surface area contributed by atoms with Crippen molar-refractivity contribution in [2.24, 2.45) is 11.8 Å². The molecule has 2 heterocycles. The van der Waals surface area contributed by atoms with Crippen molar-refractivity contribution in [1.29, 1.82) is 0 Å². The molecule has 0 unspecified atom stereocenters. The molecule has 1 aromatic rings. The molecule has 0 bridgehead atoms. The second-order valence-electron chi connectivity index (χ2n) is 8.78. The van der Waals surface area contributed by atoms with E-state index in [1.54, 1.807) is 0 Å². The second kappa shape index (κ2) is 8.91. The highest BCUT2D eigenvalue weighted by Crippen LogP contribution is 2.28. The first-order valence-electron chi connectivity index (χ1n) is 9.47. The zero-order valence-corrected chi connectivity index (χ0v) is 17.4. The van der Waals surface area contributed by atoms with Crippen LogP contribution in [0.15, 0.2) is 12.5 Å². The summed E-state index contributed by atoms with van der Waals surface area (Å²) in [5.41, 5.74) is 0.986. The molecule has 1 fully saturated rings. The number of alkyl halides is 2. The van der Waals surface area contributed by atoms with Crippen molar-refractivity contribution in [1.82, 2.24) is 14.5 Å². The Hall–Kier alpha value is -0.820. The molecule has 0 N–H and O–H groups in total. The van der Waals surface area contributed by atoms with E-state index in [1.807, 2.05) is 32.0 Å². The van der Waals surface area contributed by atoms with Gasteiger partial charge >= 0.3 is 0 Å². The fourth-order valence-electron chi connectivity index (χ4n) is 3.42. The minimum atomic E-state index is -2.26. The number of hydrogen-bond donors (Lipinski definition) is 0. The van der Waals surface area contributed by atoms with Crippen LogP contribution in [-0.4, -0.2) is 55.2 Å². The zero-order valence-electron chi connectivity index (χ0n) is 16.6. The Bertz CT molecular complexity index is 598. The molecule has 0 aromatic carbocycles. The summed E-state index contributed by atoms with van der Waals surface area (Å²) < 4.78 is 39.4. The summed E-state index contributed by atoms with van der Waals surface area (Å²) in [6, 6.07) is 0. The molecule has 1 saturated heterocycles. The molecule has 26 heavy (non-hydrogen) atoms. The van der Waals surface area contributed by atoms with Gasteiger partial charge in [0.05, 0.1) is 18.6 Å². The second-order valence-corrected chi connectivity index (χ2v) is 11.0. The molecule has 1 aliphatic rings. The summed E-state index contributed by atoms with van der Waals surface area (Å²) in [5, 5.41) is 0. The monoisotopic (exact) mass is 389 g/mol. The van der Waals surface area contributed by atoms with Gasteiger partial charge < -0.3 is 4.57 Å². The van der Waals surface area contributed by atoms with E-state index in [-0.39, 0.29) is 17.2 Å². The molecule has 1 aliphatic heterocycles. The highest BCUT2D eigenvalue weighted by molar-refractivity contribution is 7.86. The summed E-state index contributed by atoms with van der Waals surface area (Å²) in [6.07, 6.45) is 2.58. The van der Waals surface area contributed by atoms with Crippen LogP contribution in [0, 0.1) is 11.8 Å². The Morgan fingerprint density at radius 1 is 1.35 bits per heavy atom. The standard InChI is InChI=1S/C19H33F2N3OS/c1-14(2)16(12-26(25)19(3,4)5)17-10-24(13-22-17)9-15-6-7-23(8-15)11-18(20)21/h10,13-16,18H,6-9,11-12H2,1-5H3/t15-,16-,26+/m0/s1. The quantitative estimate of drug-likeness (QED) is 0.679. The normalized spacial score (nSPS) is 21.7. The van der Waals surface area contributed by atoms with Gasteiger partial charge in [0.15, 0.2) is 0 Å². The average molecular weight is 390 g/mol. The van der Waals surface area contributed by atoms with E-state index in [0.29, 0.717) is 17.6 Å². The lowest BCUT2D eigenvalue weighted by Crippen LogP contribution is -2.28. The van der Waals surface area contributed by atoms with Crippen LogP contribution in [0.4, 0.5) is 8.78 Å². The third-order valence-electron chi connectivity index (χ3n) is 5.09. The molecule has 2 rings (SSSR count). The Kier molecular flexibility index (Phi) is 7.36. The fourth-order valence-corrected chi connectivity index (χ4v) is 4.80. The van der Waals surface area contributed by atoms with E-state index < -0.39 is 17.2 Å². The Balaban J connectivity index is 1.97. The fraction of sp³-hybridized carbons (Fsp3) is 0.842. The molecule has 0 aliphatic carbocycles. The lowest BCUT2D eigenvalue weighted by Gasteiger charge is -2.24. The van der Waals surface area contributed by atoms with Crippen molar-refractivity contribution < 1.29 is 13.0 Å². The van der Waals surface area contributed by atoms with E-state index in [0.717, 1.165) is 31.7 Å². The predicted octanol–water partition coefficient (Wildman–Crippen LogP) is 3.76. The SMILES string of the molecule is CC(C)[C@H](C[S@@](=O)C(C)(C)C)c1cn(C[C@H]2CCN(CC(F)F)C2)cn1. The number of likely N-dealkylation sites (tertiary alicyclic amines) is 1. The van der Waals surface area contributed by atoms with Crippen LogP contribution < -0.4 is 0 Å². The first-order chi connectivity index (χ1) is 12.1. The van der Waals surface area contributed by atoms with E-state index in [2.05, 4.69) is 29.6 Å². The van der Waals surface area contributed by atoms with Crippen LogP contribution in [0.25, 0.3) is 0 Å². The molecule has 0 saturated carbocycles. The van der Waals surface area contributed by atoms with Crippen molar-refractivity contribution in [3.8, 4) is 0 Å². The third kappa shape index (κ3) is 6.12. The first-order valence-corrected chi connectivity index (χ1v) is 10.8. The van der Waals surface area contributed by atoms with Crippen molar-refractivity contribution in [3.05, 3.63) is 18.2 Å². The molecule has 4 nitrogen and oxygen atoms in total. The minimum Gasteiger partial charge on any atom is -0.337 e. The Labute approximate surface area is 158 Å². The Morgan fingerprint density at radius 3 is 2.62 bits per heavy atom. The lowest BCUT2D eigenvalue weighted by molar-refractivity contribution is 0.0975. The zero-order chi connectivity index (χ0) is 19.5. The van der Waals surface area contributed by atoms with E-state index in [9.17, 15) is 13.0 Å². The smallest absolute Gasteiger partial charge is 0.251 e. The van der Waals surface area contributed by atoms with E-state index in [1.165, 1.54) is 0 Å². The number of halogens is 2. The molecule has 150 valence electrons. The van der Waals surface area contributed by atoms with E-state index in [4.69, 9.17) is 0 Å². The summed E-state index contributed by atoms with van der Waals surface area (Å²) in [4.78, 5) is 6.42. The number of hydrogen-bond acceptors (Lipinski definition) is 3. The molecule has 0 spiro atoms. The molecule has 3 atom stereocenters. The Morgan fingerprint density at radius 2 is 2.04 bits per heavy atom. The largest absolute Gasteiger partial charge is 0.337 e. The van der Waals surface area contributed by atoms with Gasteiger partial charge in [-0.1, -0.05) is 13.8 Å². The number of aromatic nitrogens is 2. The average Bonchev–Trinajstić information content (AvgIpc) is 3.12. The van der Waals surface area contributed by atoms with Gasteiger partial charge in [-0.25, -0.2) is 13.8 Å². The van der Waals surface area contributed by atoms with Gasteiger partial charge in [-0.2, -0.15) is 0 Å². The number of imidazole rings is 1. The lowest BCUT2D eigenvalue weighted by atomic mass is 9.95. The predicted molar refractivity (Wildman–Crippen MR) is 103 cm³/mol. The topological polar surface area (TPSA) is 38.1 Å². The van der Waals surface area contributed by atoms with Crippen LogP contribution in [0.5, 0.6) is 0 Å². The van der Waals surface area contributed by atoms with E-state index >= 15 is 0 Å². The molecule has 0 radical (unpaired) electrons. The highest BCUT2D eigenvalue weighted by atomic mass is 32.2. The molecular weight excluding hydrogens is 356 g/mol. The van der Waals surface area contributed by atoms with Crippen molar-refractivity contribution >= 4 is 10.8 Å². The van der Waals surface area contributed by atoms with Crippen LogP contribution in [-0.2, 0) is 17.3 Å². The van der Waals surface area contributed by atoms with Gasteiger partial charge in [0, 0.05) is 46.5 Å². The minimum absolute atomic E-state index is 0.125. The van der Waals surface area contributed by atoms with Crippen molar-refractivity contribution in [2.75, 3.05) is 25.4 Å². The van der Waals surface area contributed by atoms with Gasteiger partial charge in [0.1, 0.15) is 0 Å². The van der Waals surface area contributed by atoms with Gasteiger partial charge in [0.25, 0.3) is 6.43 Å². The molecule has 0 amide bonds. The van der Waals surface area contributed by atoms with Crippen molar-refractivity contribution in [3.63, 3.8) is 0 Å². The maximum atomic E-state index is 12.6. The third-order valence-corrected chi connectivity index (χ3v) is 7.11. The molecular formula is C19H33F2N3OS. The van der Waals surface area contributed by atoms with Crippen molar-refractivity contribution in [2.45, 2.75) is 64.7 Å². The number of rotatable bonds is 8. The summed E-state index contributed by atoms with van der Waals surface area (Å²) >= 11 is 0. The summed E-state index contributed by atoms with van der Waals surface area (Å²) in [7, 11) is -0.921. The summed E-state index contributed by atoms with van der Waals surface area (Å²) in [6.45, 7) is 12.4. The van der Waals surface area contributed by atoms with Crippen LogP contribution in [0.1, 0.15) is 52.7 Å². The van der Waals surface area contributed by atoms with Gasteiger partial charge in [-0.15, -0.1) is 0 Å². The maximum Gasteiger partial charge on any atom is 0.251 e. The molecule has 1 aromatic heterocycles. The van der Waals surface area contributed by atoms with Crippen LogP contribution in [0.3, 0.4) is 0 Å². The summed E-state index contributed by atoms with van der Waals surface area (Å²) in [5.74, 6) is 1.52. The maximum absolute atomic E-state index is 12.6. The highest BCUT2D eigenvalue weighted by Gasteiger charge is 2.28. The first kappa shape index (κ1) is 21.5.